The van der Waals surface area contributed by atoms with Crippen molar-refractivity contribution >= 4 is 35.0 Å². The highest BCUT2D eigenvalue weighted by molar-refractivity contribution is 6.31. The summed E-state index contributed by atoms with van der Waals surface area (Å²) in [5.74, 6) is 0.271. The molecule has 1 N–H and O–H groups in total. The molecule has 0 spiro atoms. The van der Waals surface area contributed by atoms with E-state index < -0.39 is 0 Å². The molecule has 1 aromatic carbocycles. The van der Waals surface area contributed by atoms with Gasteiger partial charge < -0.3 is 15.1 Å². The Balaban J connectivity index is 1.60. The SMILES string of the molecule is Cc1c(CN2CCN(C(=O)C3CCCC3)[C@@H](C)C2)cc(Cl)cc1NC(=O)CCC(=O)N(C)C. The van der Waals surface area contributed by atoms with Gasteiger partial charge in [0.25, 0.3) is 0 Å². The number of anilines is 1. The molecular formula is C25H37ClN4O3. The molecular weight excluding hydrogens is 440 g/mol. The van der Waals surface area contributed by atoms with Gasteiger partial charge in [-0.15, -0.1) is 0 Å². The quantitative estimate of drug-likeness (QED) is 0.651. The number of piperazine rings is 1. The van der Waals surface area contributed by atoms with E-state index in [1.54, 1.807) is 20.2 Å². The van der Waals surface area contributed by atoms with E-state index >= 15 is 0 Å². The van der Waals surface area contributed by atoms with E-state index in [0.29, 0.717) is 23.2 Å². The number of rotatable bonds is 7. The fraction of sp³-hybridized carbons (Fsp3) is 0.640. The van der Waals surface area contributed by atoms with Crippen molar-refractivity contribution < 1.29 is 14.4 Å². The van der Waals surface area contributed by atoms with Gasteiger partial charge in [-0.25, -0.2) is 0 Å². The Morgan fingerprint density at radius 3 is 2.45 bits per heavy atom. The lowest BCUT2D eigenvalue weighted by molar-refractivity contribution is -0.140. The standard InChI is InChI=1S/C25H37ClN4O3/c1-17-15-29(11-12-30(17)25(33)19-7-5-6-8-19)16-20-13-21(26)14-22(18(20)2)27-23(31)9-10-24(32)28(3)4/h13-14,17,19H,5-12,15-16H2,1-4H3,(H,27,31)/t17-/m0/s1. The first-order chi connectivity index (χ1) is 15.7. The lowest BCUT2D eigenvalue weighted by atomic mass is 10.0. The van der Waals surface area contributed by atoms with Gasteiger partial charge in [0.1, 0.15) is 0 Å². The van der Waals surface area contributed by atoms with Gasteiger partial charge in [0, 0.05) is 75.8 Å². The number of amides is 3. The fourth-order valence-corrected chi connectivity index (χ4v) is 5.08. The second kappa shape index (κ2) is 11.3. The van der Waals surface area contributed by atoms with E-state index in [-0.39, 0.29) is 36.6 Å². The molecule has 182 valence electrons. The minimum atomic E-state index is -0.200. The van der Waals surface area contributed by atoms with Crippen LogP contribution in [0.2, 0.25) is 5.02 Å². The number of carbonyl (C=O) groups is 3. The lowest BCUT2D eigenvalue weighted by Crippen LogP contribution is -2.54. The minimum absolute atomic E-state index is 0.0756. The van der Waals surface area contributed by atoms with Gasteiger partial charge in [-0.2, -0.15) is 0 Å². The summed E-state index contributed by atoms with van der Waals surface area (Å²) in [7, 11) is 3.36. The average Bonchev–Trinajstić information content (AvgIpc) is 3.30. The number of nitrogens with one attached hydrogen (secondary N) is 1. The van der Waals surface area contributed by atoms with Gasteiger partial charge in [-0.3, -0.25) is 19.3 Å². The molecule has 8 heteroatoms. The molecule has 7 nitrogen and oxygen atoms in total. The molecule has 1 saturated heterocycles. The zero-order chi connectivity index (χ0) is 24.1. The van der Waals surface area contributed by atoms with Crippen LogP contribution in [0.1, 0.15) is 56.6 Å². The van der Waals surface area contributed by atoms with E-state index in [2.05, 4.69) is 22.0 Å². The van der Waals surface area contributed by atoms with Crippen molar-refractivity contribution in [2.24, 2.45) is 5.92 Å². The van der Waals surface area contributed by atoms with Crippen molar-refractivity contribution in [2.45, 2.75) is 65.0 Å². The third-order valence-corrected chi connectivity index (χ3v) is 7.13. The Bertz CT molecular complexity index is 883. The van der Waals surface area contributed by atoms with Crippen LogP contribution in [0.4, 0.5) is 5.69 Å². The van der Waals surface area contributed by atoms with Crippen LogP contribution in [0.25, 0.3) is 0 Å². The molecule has 2 aliphatic rings. The largest absolute Gasteiger partial charge is 0.349 e. The maximum atomic E-state index is 12.9. The molecule has 1 saturated carbocycles. The zero-order valence-electron chi connectivity index (χ0n) is 20.3. The Kier molecular flexibility index (Phi) is 8.76. The van der Waals surface area contributed by atoms with Crippen molar-refractivity contribution in [3.05, 3.63) is 28.3 Å². The predicted molar refractivity (Wildman–Crippen MR) is 131 cm³/mol. The second-order valence-corrected chi connectivity index (χ2v) is 10.1. The highest BCUT2D eigenvalue weighted by Crippen LogP contribution is 2.29. The lowest BCUT2D eigenvalue weighted by Gasteiger charge is -2.41. The minimum Gasteiger partial charge on any atom is -0.349 e. The van der Waals surface area contributed by atoms with Crippen LogP contribution < -0.4 is 5.32 Å². The summed E-state index contributed by atoms with van der Waals surface area (Å²) in [6, 6.07) is 3.88. The summed E-state index contributed by atoms with van der Waals surface area (Å²) in [6.45, 7) is 7.21. The van der Waals surface area contributed by atoms with Gasteiger partial charge in [0.05, 0.1) is 0 Å². The van der Waals surface area contributed by atoms with Gasteiger partial charge in [0.2, 0.25) is 17.7 Å². The number of benzene rings is 1. The normalized spacial score (nSPS) is 19.5. The Labute approximate surface area is 202 Å². The molecule has 2 fully saturated rings. The zero-order valence-corrected chi connectivity index (χ0v) is 21.1. The van der Waals surface area contributed by atoms with Gasteiger partial charge in [0.15, 0.2) is 0 Å². The summed E-state index contributed by atoms with van der Waals surface area (Å²) in [5, 5.41) is 3.49. The first-order valence-corrected chi connectivity index (χ1v) is 12.4. The number of carbonyl (C=O) groups excluding carboxylic acids is 3. The summed E-state index contributed by atoms with van der Waals surface area (Å²) in [6.07, 6.45) is 4.71. The average molecular weight is 477 g/mol. The first kappa shape index (κ1) is 25.5. The molecule has 1 aliphatic heterocycles. The summed E-state index contributed by atoms with van der Waals surface area (Å²) >= 11 is 6.37. The van der Waals surface area contributed by atoms with E-state index in [0.717, 1.165) is 43.6 Å². The molecule has 0 radical (unpaired) electrons. The maximum Gasteiger partial charge on any atom is 0.226 e. The topological polar surface area (TPSA) is 73.0 Å². The van der Waals surface area contributed by atoms with Crippen LogP contribution in [0.5, 0.6) is 0 Å². The molecule has 1 aromatic rings. The molecule has 1 heterocycles. The van der Waals surface area contributed by atoms with Crippen molar-refractivity contribution in [2.75, 3.05) is 39.0 Å². The molecule has 33 heavy (non-hydrogen) atoms. The molecule has 0 unspecified atom stereocenters. The van der Waals surface area contributed by atoms with Crippen LogP contribution in [0.15, 0.2) is 12.1 Å². The molecule has 0 bridgehead atoms. The monoisotopic (exact) mass is 476 g/mol. The fourth-order valence-electron chi connectivity index (χ4n) is 4.84. The predicted octanol–water partition coefficient (Wildman–Crippen LogP) is 3.68. The third-order valence-electron chi connectivity index (χ3n) is 6.91. The van der Waals surface area contributed by atoms with Crippen molar-refractivity contribution in [3.8, 4) is 0 Å². The van der Waals surface area contributed by atoms with E-state index in [9.17, 15) is 14.4 Å². The first-order valence-electron chi connectivity index (χ1n) is 12.0. The van der Waals surface area contributed by atoms with Crippen LogP contribution in [-0.4, -0.2) is 72.2 Å². The molecule has 1 aliphatic carbocycles. The van der Waals surface area contributed by atoms with Crippen molar-refractivity contribution in [1.82, 2.24) is 14.7 Å². The van der Waals surface area contributed by atoms with E-state index in [1.807, 2.05) is 13.0 Å². The number of nitrogens with zero attached hydrogens (tertiary/aromatic N) is 3. The Morgan fingerprint density at radius 1 is 1.12 bits per heavy atom. The molecule has 3 rings (SSSR count). The number of hydrogen-bond acceptors (Lipinski definition) is 4. The van der Waals surface area contributed by atoms with E-state index in [1.165, 1.54) is 17.7 Å². The van der Waals surface area contributed by atoms with Crippen LogP contribution >= 0.6 is 11.6 Å². The maximum absolute atomic E-state index is 12.9. The van der Waals surface area contributed by atoms with Gasteiger partial charge in [-0.1, -0.05) is 24.4 Å². The Hall–Kier alpha value is -2.12. The van der Waals surface area contributed by atoms with Crippen molar-refractivity contribution in [1.29, 1.82) is 0 Å². The highest BCUT2D eigenvalue weighted by Gasteiger charge is 2.33. The van der Waals surface area contributed by atoms with Gasteiger partial charge in [-0.05, 0) is 49.9 Å². The summed E-state index contributed by atoms with van der Waals surface area (Å²) in [4.78, 5) is 42.9. The van der Waals surface area contributed by atoms with Gasteiger partial charge >= 0.3 is 0 Å². The van der Waals surface area contributed by atoms with Crippen LogP contribution in [-0.2, 0) is 20.9 Å². The molecule has 0 aromatic heterocycles. The Morgan fingerprint density at radius 2 is 1.82 bits per heavy atom. The van der Waals surface area contributed by atoms with Crippen molar-refractivity contribution in [3.63, 3.8) is 0 Å². The van der Waals surface area contributed by atoms with E-state index in [4.69, 9.17) is 11.6 Å². The number of hydrogen-bond donors (Lipinski definition) is 1. The van der Waals surface area contributed by atoms with Crippen LogP contribution in [0, 0.1) is 12.8 Å². The summed E-state index contributed by atoms with van der Waals surface area (Å²) in [5.41, 5.74) is 2.72. The second-order valence-electron chi connectivity index (χ2n) is 9.67. The highest BCUT2D eigenvalue weighted by atomic mass is 35.5. The summed E-state index contributed by atoms with van der Waals surface area (Å²) < 4.78 is 0. The smallest absolute Gasteiger partial charge is 0.226 e. The third kappa shape index (κ3) is 6.70. The van der Waals surface area contributed by atoms with Crippen LogP contribution in [0.3, 0.4) is 0 Å². The number of halogens is 1. The molecule has 1 atom stereocenters. The molecule has 3 amide bonds.